The van der Waals surface area contributed by atoms with Gasteiger partial charge in [-0.3, -0.25) is 4.90 Å². The van der Waals surface area contributed by atoms with Crippen molar-refractivity contribution in [1.82, 2.24) is 25.1 Å². The second-order valence-corrected chi connectivity index (χ2v) is 16.9. The summed E-state index contributed by atoms with van der Waals surface area (Å²) in [6, 6.07) is 10.6. The van der Waals surface area contributed by atoms with Crippen molar-refractivity contribution in [3.63, 3.8) is 0 Å². The van der Waals surface area contributed by atoms with Crippen LogP contribution >= 0.6 is 23.1 Å². The van der Waals surface area contributed by atoms with Crippen molar-refractivity contribution in [3.8, 4) is 5.75 Å². The van der Waals surface area contributed by atoms with Crippen LogP contribution in [0.1, 0.15) is 30.9 Å². The summed E-state index contributed by atoms with van der Waals surface area (Å²) in [6.45, 7) is 12.4. The summed E-state index contributed by atoms with van der Waals surface area (Å²) in [5, 5.41) is 18.2. The number of piperazine rings is 1. The van der Waals surface area contributed by atoms with Gasteiger partial charge in [0.15, 0.2) is 0 Å². The van der Waals surface area contributed by atoms with Crippen molar-refractivity contribution < 1.29 is 9.30 Å². The first kappa shape index (κ1) is 35.9. The Balaban J connectivity index is 1.36. The average Bonchev–Trinajstić information content (AvgIpc) is 3.08. The van der Waals surface area contributed by atoms with E-state index in [1.54, 1.807) is 39.9 Å². The fraction of sp³-hybridized carbons (Fsp3) is 0.457. The van der Waals surface area contributed by atoms with Gasteiger partial charge in [-0.05, 0) is 84.9 Å². The number of likely N-dealkylation sites (N-methyl/N-ethyl adjacent to an activating group) is 1. The zero-order valence-corrected chi connectivity index (χ0v) is 31.4. The average molecular weight is 739 g/mol. The molecule has 258 valence electrons. The molecule has 0 amide bonds. The maximum absolute atomic E-state index is 13.4. The van der Waals surface area contributed by atoms with E-state index < -0.39 is 7.14 Å². The van der Waals surface area contributed by atoms with Crippen LogP contribution in [0.3, 0.4) is 0 Å². The van der Waals surface area contributed by atoms with Crippen LogP contribution in [0.2, 0.25) is 0 Å². The van der Waals surface area contributed by atoms with E-state index in [0.29, 0.717) is 38.8 Å². The van der Waals surface area contributed by atoms with Gasteiger partial charge in [-0.25, -0.2) is 4.98 Å². The van der Waals surface area contributed by atoms with Crippen LogP contribution < -0.4 is 30.9 Å². The Morgan fingerprint density at radius 3 is 2.44 bits per heavy atom. The molecule has 2 aromatic carbocycles. The van der Waals surface area contributed by atoms with E-state index in [1.165, 1.54) is 30.3 Å². The molecule has 5 rings (SSSR count). The molecule has 0 radical (unpaired) electrons. The third-order valence-electron chi connectivity index (χ3n) is 9.25. The van der Waals surface area contributed by atoms with E-state index in [4.69, 9.17) is 15.1 Å². The summed E-state index contributed by atoms with van der Waals surface area (Å²) in [5.74, 6) is 1.67. The number of nitrogens with one attached hydrogen (secondary N) is 4. The van der Waals surface area contributed by atoms with Crippen molar-refractivity contribution in [2.75, 3.05) is 89.3 Å². The minimum atomic E-state index is -2.70. The standard InChI is InChI=1S/C35H49BrN9O2P/c1-7-24-18-30(32(47-4)20-31(24)45-12-10-27(11-13-45)44-16-14-43(3)15-17-44)41-35-39-23-28(36)34(42-35)40-29-9-8-25(26(21-37)22-38-2)19-33(29)48(5,6)46/h8-9,18-23,27,37-38H,7,10-17H2,1-6H3,(H2,39,40,41,42)/b26-22+,37-21?. The molecule has 0 aliphatic carbocycles. The van der Waals surface area contributed by atoms with Gasteiger partial charge in [0.05, 0.1) is 23.0 Å². The number of halogens is 1. The fourth-order valence-electron chi connectivity index (χ4n) is 6.51. The van der Waals surface area contributed by atoms with Crippen molar-refractivity contribution in [3.05, 3.63) is 58.3 Å². The van der Waals surface area contributed by atoms with E-state index in [-0.39, 0.29) is 0 Å². The summed E-state index contributed by atoms with van der Waals surface area (Å²) >= 11 is 3.59. The highest BCUT2D eigenvalue weighted by Crippen LogP contribution is 2.40. The van der Waals surface area contributed by atoms with Gasteiger partial charge in [-0.2, -0.15) is 4.98 Å². The summed E-state index contributed by atoms with van der Waals surface area (Å²) in [7, 11) is 2.99. The maximum atomic E-state index is 13.4. The van der Waals surface area contributed by atoms with Gasteiger partial charge < -0.3 is 40.5 Å². The molecule has 13 heteroatoms. The number of ether oxygens (including phenoxy) is 1. The molecular formula is C35H49BrN9O2P. The number of benzene rings is 2. The molecule has 4 N–H and O–H groups in total. The van der Waals surface area contributed by atoms with Crippen LogP contribution in [-0.2, 0) is 11.0 Å². The number of methoxy groups -OCH3 is 1. The lowest BCUT2D eigenvalue weighted by molar-refractivity contribution is 0.0982. The first-order chi connectivity index (χ1) is 23.0. The summed E-state index contributed by atoms with van der Waals surface area (Å²) in [5.41, 5.74) is 5.44. The first-order valence-electron chi connectivity index (χ1n) is 16.6. The smallest absolute Gasteiger partial charge is 0.229 e. The van der Waals surface area contributed by atoms with Crippen LogP contribution in [0.15, 0.2) is 47.2 Å². The molecule has 2 saturated heterocycles. The molecule has 0 unspecified atom stereocenters. The SMILES string of the molecule is CCc1cc(Nc2ncc(Br)c(Nc3ccc(/C(C=N)=C/NC)cc3P(C)(C)=O)n2)c(OC)cc1N1CCC(N2CCN(C)CC2)CC1. The highest BCUT2D eigenvalue weighted by Gasteiger charge is 2.28. The van der Waals surface area contributed by atoms with Crippen molar-refractivity contribution in [2.45, 2.75) is 32.2 Å². The number of anilines is 5. The lowest BCUT2D eigenvalue weighted by atomic mass is 9.99. The van der Waals surface area contributed by atoms with Gasteiger partial charge in [-0.1, -0.05) is 13.0 Å². The Morgan fingerprint density at radius 2 is 1.81 bits per heavy atom. The van der Waals surface area contributed by atoms with Gasteiger partial charge >= 0.3 is 0 Å². The first-order valence-corrected chi connectivity index (χ1v) is 20.0. The van der Waals surface area contributed by atoms with Gasteiger partial charge in [0.1, 0.15) is 18.7 Å². The molecule has 0 spiro atoms. The predicted octanol–water partition coefficient (Wildman–Crippen LogP) is 5.97. The second kappa shape index (κ2) is 15.8. The lowest BCUT2D eigenvalue weighted by Crippen LogP contribution is -2.52. The molecule has 3 heterocycles. The number of piperidine rings is 1. The lowest BCUT2D eigenvalue weighted by Gasteiger charge is -2.43. The molecule has 0 bridgehead atoms. The van der Waals surface area contributed by atoms with E-state index in [9.17, 15) is 4.57 Å². The zero-order valence-electron chi connectivity index (χ0n) is 28.9. The van der Waals surface area contributed by atoms with Crippen LogP contribution in [0, 0.1) is 5.41 Å². The molecular weight excluding hydrogens is 689 g/mol. The third kappa shape index (κ3) is 8.40. The number of hydrogen-bond acceptors (Lipinski definition) is 11. The summed E-state index contributed by atoms with van der Waals surface area (Å²) < 4.78 is 20.0. The Kier molecular flexibility index (Phi) is 11.8. The highest BCUT2D eigenvalue weighted by atomic mass is 79.9. The molecule has 11 nitrogen and oxygen atoms in total. The number of allylic oxidation sites excluding steroid dienone is 1. The van der Waals surface area contributed by atoms with E-state index in [2.05, 4.69) is 77.7 Å². The fourth-order valence-corrected chi connectivity index (χ4v) is 7.96. The van der Waals surface area contributed by atoms with Gasteiger partial charge in [0.2, 0.25) is 5.95 Å². The Hall–Kier alpha value is -3.44. The van der Waals surface area contributed by atoms with Gasteiger partial charge in [-0.15, -0.1) is 0 Å². The number of nitrogens with zero attached hydrogens (tertiary/aromatic N) is 5. The zero-order chi connectivity index (χ0) is 34.4. The van der Waals surface area contributed by atoms with Gasteiger partial charge in [0.25, 0.3) is 0 Å². The maximum Gasteiger partial charge on any atom is 0.229 e. The Bertz CT molecular complexity index is 1680. The largest absolute Gasteiger partial charge is 0.494 e. The molecule has 48 heavy (non-hydrogen) atoms. The monoisotopic (exact) mass is 737 g/mol. The van der Waals surface area contributed by atoms with Crippen molar-refractivity contribution in [1.29, 1.82) is 5.41 Å². The topological polar surface area (TPSA) is 122 Å². The quantitative estimate of drug-likeness (QED) is 0.131. The van der Waals surface area contributed by atoms with E-state index in [0.717, 1.165) is 62.7 Å². The highest BCUT2D eigenvalue weighted by molar-refractivity contribution is 9.10. The normalized spacial score (nSPS) is 16.9. The van der Waals surface area contributed by atoms with Crippen LogP contribution in [0.4, 0.5) is 28.8 Å². The molecule has 1 aromatic heterocycles. The van der Waals surface area contributed by atoms with Crippen molar-refractivity contribution in [2.24, 2.45) is 0 Å². The van der Waals surface area contributed by atoms with Crippen LogP contribution in [0.5, 0.6) is 5.75 Å². The predicted molar refractivity (Wildman–Crippen MR) is 204 cm³/mol. The second-order valence-electron chi connectivity index (χ2n) is 12.8. The molecule has 0 saturated carbocycles. The number of aryl methyl sites for hydroxylation is 1. The number of aromatic nitrogens is 2. The minimum Gasteiger partial charge on any atom is -0.494 e. The molecule has 3 aromatic rings. The van der Waals surface area contributed by atoms with E-state index >= 15 is 0 Å². The van der Waals surface area contributed by atoms with E-state index in [1.807, 2.05) is 18.2 Å². The minimum absolute atomic E-state index is 0.402. The summed E-state index contributed by atoms with van der Waals surface area (Å²) in [4.78, 5) is 16.9. The number of hydrogen-bond donors (Lipinski definition) is 4. The van der Waals surface area contributed by atoms with Crippen molar-refractivity contribution >= 4 is 69.0 Å². The third-order valence-corrected chi connectivity index (χ3v) is 11.4. The molecule has 2 aliphatic rings. The number of rotatable bonds is 12. The van der Waals surface area contributed by atoms with Crippen LogP contribution in [-0.4, -0.2) is 106 Å². The summed E-state index contributed by atoms with van der Waals surface area (Å²) in [6.07, 6.45) is 7.94. The Morgan fingerprint density at radius 1 is 1.08 bits per heavy atom. The molecule has 2 aliphatic heterocycles. The van der Waals surface area contributed by atoms with Gasteiger partial charge in [0, 0.05) is 93.6 Å². The molecule has 2 fully saturated rings. The Labute approximate surface area is 293 Å². The van der Waals surface area contributed by atoms with Crippen LogP contribution in [0.25, 0.3) is 5.57 Å². The molecule has 0 atom stereocenters.